The Balaban J connectivity index is 2.06. The fraction of sp³-hybridized carbons (Fsp3) is 0.667. The van der Waals surface area contributed by atoms with Gasteiger partial charge in [-0.15, -0.1) is 0 Å². The molecule has 1 aromatic rings. The Morgan fingerprint density at radius 1 is 1.25 bits per heavy atom. The van der Waals surface area contributed by atoms with E-state index in [2.05, 4.69) is 43.4 Å². The molecule has 2 heteroatoms. The van der Waals surface area contributed by atoms with Crippen molar-refractivity contribution in [2.24, 2.45) is 5.92 Å². The van der Waals surface area contributed by atoms with Gasteiger partial charge in [0.25, 0.3) is 0 Å². The highest BCUT2D eigenvalue weighted by Gasteiger charge is 2.26. The minimum absolute atomic E-state index is 0.528. The van der Waals surface area contributed by atoms with Crippen molar-refractivity contribution in [3.63, 3.8) is 0 Å². The van der Waals surface area contributed by atoms with E-state index < -0.39 is 0 Å². The maximum atomic E-state index is 5.50. The van der Waals surface area contributed by atoms with Gasteiger partial charge in [0.05, 0.1) is 0 Å². The molecule has 2 atom stereocenters. The maximum absolute atomic E-state index is 5.50. The average Bonchev–Trinajstić information content (AvgIpc) is 2.64. The Labute approximate surface area is 123 Å². The summed E-state index contributed by atoms with van der Waals surface area (Å²) in [7, 11) is 0. The van der Waals surface area contributed by atoms with Gasteiger partial charge in [0.2, 0.25) is 0 Å². The molecular formula is C18H29NO. The summed E-state index contributed by atoms with van der Waals surface area (Å²) in [6, 6.07) is 9.52. The third-order valence-electron chi connectivity index (χ3n) is 4.37. The van der Waals surface area contributed by atoms with E-state index >= 15 is 0 Å². The third kappa shape index (κ3) is 4.07. The summed E-state index contributed by atoms with van der Waals surface area (Å²) in [5.74, 6) is 0.749. The van der Waals surface area contributed by atoms with Crippen LogP contribution in [0.2, 0.25) is 0 Å². The molecule has 2 unspecified atom stereocenters. The molecule has 0 aliphatic heterocycles. The van der Waals surface area contributed by atoms with E-state index in [4.69, 9.17) is 4.74 Å². The molecule has 1 aliphatic rings. The molecular weight excluding hydrogens is 246 g/mol. The molecule has 0 bridgehead atoms. The molecule has 112 valence electrons. The van der Waals surface area contributed by atoms with Crippen LogP contribution in [0.15, 0.2) is 24.3 Å². The van der Waals surface area contributed by atoms with Gasteiger partial charge in [0, 0.05) is 19.3 Å². The number of benzene rings is 1. The van der Waals surface area contributed by atoms with Gasteiger partial charge in [-0.25, -0.2) is 0 Å². The Hall–Kier alpha value is -0.860. The van der Waals surface area contributed by atoms with Crippen molar-refractivity contribution in [1.29, 1.82) is 0 Å². The second-order valence-corrected chi connectivity index (χ2v) is 5.73. The zero-order valence-corrected chi connectivity index (χ0v) is 13.0. The van der Waals surface area contributed by atoms with E-state index in [-0.39, 0.29) is 0 Å². The molecule has 0 fully saturated rings. The van der Waals surface area contributed by atoms with Crippen LogP contribution in [0.1, 0.15) is 56.7 Å². The van der Waals surface area contributed by atoms with Crippen LogP contribution in [0.5, 0.6) is 0 Å². The first kappa shape index (κ1) is 15.5. The fourth-order valence-corrected chi connectivity index (χ4v) is 3.44. The van der Waals surface area contributed by atoms with Gasteiger partial charge in [-0.1, -0.05) is 31.2 Å². The lowest BCUT2D eigenvalue weighted by atomic mass is 9.87. The topological polar surface area (TPSA) is 21.3 Å². The molecule has 1 aliphatic carbocycles. The number of hydrogen-bond acceptors (Lipinski definition) is 2. The Morgan fingerprint density at radius 2 is 2.10 bits per heavy atom. The summed E-state index contributed by atoms with van der Waals surface area (Å²) < 4.78 is 5.50. The van der Waals surface area contributed by atoms with Gasteiger partial charge in [0.1, 0.15) is 0 Å². The molecule has 0 radical (unpaired) electrons. The standard InChI is InChI=1S/C18H29NO/c1-3-19-18-16(12-8-14-20-4-2)11-7-10-15-9-5-6-13-17(15)18/h5-6,9,13,16,18-19H,3-4,7-8,10-12,14H2,1-2H3. The first-order valence-corrected chi connectivity index (χ1v) is 8.25. The normalized spacial score (nSPS) is 22.3. The number of fused-ring (bicyclic) bond motifs is 1. The summed E-state index contributed by atoms with van der Waals surface area (Å²) in [5, 5.41) is 3.73. The summed E-state index contributed by atoms with van der Waals surface area (Å²) in [6.45, 7) is 7.08. The van der Waals surface area contributed by atoms with Crippen molar-refractivity contribution in [1.82, 2.24) is 5.32 Å². The Morgan fingerprint density at radius 3 is 2.90 bits per heavy atom. The lowest BCUT2D eigenvalue weighted by Crippen LogP contribution is -2.28. The first-order valence-electron chi connectivity index (χ1n) is 8.25. The van der Waals surface area contributed by atoms with E-state index in [1.165, 1.54) is 37.7 Å². The van der Waals surface area contributed by atoms with E-state index in [1.807, 2.05) is 0 Å². The molecule has 0 amide bonds. The van der Waals surface area contributed by atoms with Crippen molar-refractivity contribution < 1.29 is 4.74 Å². The minimum atomic E-state index is 0.528. The largest absolute Gasteiger partial charge is 0.382 e. The van der Waals surface area contributed by atoms with Crippen LogP contribution in [0.3, 0.4) is 0 Å². The van der Waals surface area contributed by atoms with Crippen molar-refractivity contribution in [3.8, 4) is 0 Å². The van der Waals surface area contributed by atoms with E-state index in [0.29, 0.717) is 6.04 Å². The number of rotatable bonds is 7. The molecule has 20 heavy (non-hydrogen) atoms. The fourth-order valence-electron chi connectivity index (χ4n) is 3.44. The van der Waals surface area contributed by atoms with E-state index in [9.17, 15) is 0 Å². The lowest BCUT2D eigenvalue weighted by molar-refractivity contribution is 0.136. The lowest BCUT2D eigenvalue weighted by Gasteiger charge is -2.27. The Kier molecular flexibility index (Phi) is 6.55. The van der Waals surface area contributed by atoms with E-state index in [0.717, 1.165) is 25.7 Å². The highest BCUT2D eigenvalue weighted by molar-refractivity contribution is 5.31. The first-order chi connectivity index (χ1) is 9.86. The Bertz CT molecular complexity index is 391. The van der Waals surface area contributed by atoms with E-state index in [1.54, 1.807) is 5.56 Å². The molecule has 1 aromatic carbocycles. The van der Waals surface area contributed by atoms with Crippen LogP contribution < -0.4 is 5.32 Å². The molecule has 2 rings (SSSR count). The second-order valence-electron chi connectivity index (χ2n) is 5.73. The second kappa shape index (κ2) is 8.43. The minimum Gasteiger partial charge on any atom is -0.382 e. The molecule has 0 heterocycles. The molecule has 0 saturated carbocycles. The van der Waals surface area contributed by atoms with Crippen LogP contribution in [0, 0.1) is 5.92 Å². The average molecular weight is 275 g/mol. The smallest absolute Gasteiger partial charge is 0.0466 e. The predicted octanol–water partition coefficient (Wildman–Crippen LogP) is 4.11. The van der Waals surface area contributed by atoms with Gasteiger partial charge < -0.3 is 10.1 Å². The van der Waals surface area contributed by atoms with Crippen LogP contribution in [-0.4, -0.2) is 19.8 Å². The van der Waals surface area contributed by atoms with Gasteiger partial charge in [-0.05, 0) is 62.6 Å². The van der Waals surface area contributed by atoms with Crippen LogP contribution >= 0.6 is 0 Å². The zero-order valence-electron chi connectivity index (χ0n) is 13.0. The van der Waals surface area contributed by atoms with Gasteiger partial charge >= 0.3 is 0 Å². The van der Waals surface area contributed by atoms with Crippen molar-refractivity contribution in [2.45, 2.75) is 52.0 Å². The van der Waals surface area contributed by atoms with Crippen LogP contribution in [-0.2, 0) is 11.2 Å². The van der Waals surface area contributed by atoms with Gasteiger partial charge in [0.15, 0.2) is 0 Å². The summed E-state index contributed by atoms with van der Waals surface area (Å²) in [6.07, 6.45) is 6.34. The highest BCUT2D eigenvalue weighted by atomic mass is 16.5. The molecule has 0 saturated heterocycles. The van der Waals surface area contributed by atoms with Crippen molar-refractivity contribution in [3.05, 3.63) is 35.4 Å². The van der Waals surface area contributed by atoms with Gasteiger partial charge in [-0.3, -0.25) is 0 Å². The molecule has 0 spiro atoms. The third-order valence-corrected chi connectivity index (χ3v) is 4.37. The van der Waals surface area contributed by atoms with Gasteiger partial charge in [-0.2, -0.15) is 0 Å². The van der Waals surface area contributed by atoms with Crippen molar-refractivity contribution >= 4 is 0 Å². The number of nitrogens with one attached hydrogen (secondary N) is 1. The highest BCUT2D eigenvalue weighted by Crippen LogP contribution is 2.35. The maximum Gasteiger partial charge on any atom is 0.0466 e. The monoisotopic (exact) mass is 275 g/mol. The number of ether oxygens (including phenoxy) is 1. The number of aryl methyl sites for hydroxylation is 1. The molecule has 0 aromatic heterocycles. The summed E-state index contributed by atoms with van der Waals surface area (Å²) in [5.41, 5.74) is 3.08. The summed E-state index contributed by atoms with van der Waals surface area (Å²) in [4.78, 5) is 0. The summed E-state index contributed by atoms with van der Waals surface area (Å²) >= 11 is 0. The SMILES string of the molecule is CCNC1c2ccccc2CCCC1CCCOCC. The number of hydrogen-bond donors (Lipinski definition) is 1. The van der Waals surface area contributed by atoms with Crippen LogP contribution in [0.25, 0.3) is 0 Å². The zero-order chi connectivity index (χ0) is 14.2. The predicted molar refractivity (Wildman–Crippen MR) is 85.0 cm³/mol. The van der Waals surface area contributed by atoms with Crippen molar-refractivity contribution in [2.75, 3.05) is 19.8 Å². The molecule has 1 N–H and O–H groups in total. The molecule has 2 nitrogen and oxygen atoms in total. The van der Waals surface area contributed by atoms with Crippen LogP contribution in [0.4, 0.5) is 0 Å². The quantitative estimate of drug-likeness (QED) is 0.597.